The molecule has 1 rings (SSSR count). The van der Waals surface area contributed by atoms with Crippen molar-refractivity contribution in [2.45, 2.75) is 24.9 Å². The van der Waals surface area contributed by atoms with E-state index in [2.05, 4.69) is 0 Å². The van der Waals surface area contributed by atoms with Gasteiger partial charge in [-0.2, -0.15) is 22.0 Å². The SMILES string of the molecule is O=C(N1CCC(CCO)C1)C(F)(F)C(F)(F)F. The fraction of sp³-hybridized carbons (Fsp3) is 0.889. The van der Waals surface area contributed by atoms with Gasteiger partial charge >= 0.3 is 18.0 Å². The topological polar surface area (TPSA) is 40.5 Å². The summed E-state index contributed by atoms with van der Waals surface area (Å²) in [4.78, 5) is 11.6. The molecule has 3 nitrogen and oxygen atoms in total. The molecular formula is C9H12F5NO2. The quantitative estimate of drug-likeness (QED) is 0.780. The Labute approximate surface area is 94.2 Å². The summed E-state index contributed by atoms with van der Waals surface area (Å²) < 4.78 is 61.3. The summed E-state index contributed by atoms with van der Waals surface area (Å²) in [6.45, 7) is -0.470. The van der Waals surface area contributed by atoms with Crippen molar-refractivity contribution in [2.75, 3.05) is 19.7 Å². The van der Waals surface area contributed by atoms with Crippen molar-refractivity contribution < 1.29 is 31.9 Å². The van der Waals surface area contributed by atoms with Gasteiger partial charge in [-0.25, -0.2) is 0 Å². The van der Waals surface area contributed by atoms with Gasteiger partial charge in [0.05, 0.1) is 0 Å². The van der Waals surface area contributed by atoms with Crippen LogP contribution in [-0.4, -0.2) is 47.7 Å². The van der Waals surface area contributed by atoms with Gasteiger partial charge < -0.3 is 10.0 Å². The summed E-state index contributed by atoms with van der Waals surface area (Å²) in [6, 6.07) is 0. The molecule has 1 saturated heterocycles. The Kier molecular flexibility index (Phi) is 3.95. The van der Waals surface area contributed by atoms with Crippen molar-refractivity contribution >= 4 is 5.91 Å². The maximum Gasteiger partial charge on any atom is 0.463 e. The van der Waals surface area contributed by atoms with E-state index in [1.807, 2.05) is 0 Å². The number of hydrogen-bond donors (Lipinski definition) is 1. The molecule has 1 amide bonds. The molecule has 1 aliphatic rings. The fourth-order valence-corrected chi connectivity index (χ4v) is 1.76. The predicted octanol–water partition coefficient (Wildman–Crippen LogP) is 1.41. The summed E-state index contributed by atoms with van der Waals surface area (Å²) in [6.07, 6.45) is -5.24. The van der Waals surface area contributed by atoms with Crippen LogP contribution in [0.4, 0.5) is 22.0 Å². The molecule has 1 N–H and O–H groups in total. The lowest BCUT2D eigenvalue weighted by molar-refractivity contribution is -0.274. The second-order valence-corrected chi connectivity index (χ2v) is 3.99. The first-order valence-corrected chi connectivity index (χ1v) is 5.05. The van der Waals surface area contributed by atoms with Crippen molar-refractivity contribution in [2.24, 2.45) is 5.92 Å². The van der Waals surface area contributed by atoms with Crippen molar-refractivity contribution in [3.8, 4) is 0 Å². The highest BCUT2D eigenvalue weighted by atomic mass is 19.4. The number of likely N-dealkylation sites (tertiary alicyclic amines) is 1. The Morgan fingerprint density at radius 1 is 1.29 bits per heavy atom. The van der Waals surface area contributed by atoms with Crippen molar-refractivity contribution in [1.29, 1.82) is 0 Å². The Balaban J connectivity index is 2.67. The van der Waals surface area contributed by atoms with Crippen LogP contribution in [0.1, 0.15) is 12.8 Å². The van der Waals surface area contributed by atoms with Gasteiger partial charge in [0.1, 0.15) is 0 Å². The zero-order chi connectivity index (χ0) is 13.3. The zero-order valence-corrected chi connectivity index (χ0v) is 8.81. The smallest absolute Gasteiger partial charge is 0.396 e. The molecule has 1 atom stereocenters. The number of nitrogens with zero attached hydrogens (tertiary/aromatic N) is 1. The molecular weight excluding hydrogens is 249 g/mol. The molecule has 0 aromatic rings. The minimum atomic E-state index is -5.86. The van der Waals surface area contributed by atoms with Gasteiger partial charge in [-0.3, -0.25) is 4.79 Å². The fourth-order valence-electron chi connectivity index (χ4n) is 1.76. The molecule has 1 aliphatic heterocycles. The normalized spacial score (nSPS) is 22.0. The number of hydrogen-bond acceptors (Lipinski definition) is 2. The molecule has 100 valence electrons. The van der Waals surface area contributed by atoms with Gasteiger partial charge in [-0.15, -0.1) is 0 Å². The highest BCUT2D eigenvalue weighted by Crippen LogP contribution is 2.38. The molecule has 17 heavy (non-hydrogen) atoms. The average Bonchev–Trinajstić information content (AvgIpc) is 2.64. The van der Waals surface area contributed by atoms with Gasteiger partial charge in [0.15, 0.2) is 0 Å². The van der Waals surface area contributed by atoms with Gasteiger partial charge in [0.25, 0.3) is 0 Å². The standard InChI is InChI=1S/C9H12F5NO2/c10-8(11,9(12,13)14)7(17)15-3-1-6(5-15)2-4-16/h6,16H,1-5H2. The number of aliphatic hydroxyl groups is 1. The molecule has 1 fully saturated rings. The van der Waals surface area contributed by atoms with Gasteiger partial charge in [-0.1, -0.05) is 0 Å². The molecule has 1 heterocycles. The molecule has 1 unspecified atom stereocenters. The largest absolute Gasteiger partial charge is 0.463 e. The van der Waals surface area contributed by atoms with Crippen LogP contribution in [-0.2, 0) is 4.79 Å². The molecule has 0 spiro atoms. The van der Waals surface area contributed by atoms with Crippen LogP contribution in [0.15, 0.2) is 0 Å². The van der Waals surface area contributed by atoms with Crippen molar-refractivity contribution in [1.82, 2.24) is 4.90 Å². The van der Waals surface area contributed by atoms with Crippen molar-refractivity contribution in [3.05, 3.63) is 0 Å². The predicted molar refractivity (Wildman–Crippen MR) is 47.4 cm³/mol. The van der Waals surface area contributed by atoms with Crippen molar-refractivity contribution in [3.63, 3.8) is 0 Å². The summed E-state index contributed by atoms with van der Waals surface area (Å²) in [5, 5.41) is 8.61. The van der Waals surface area contributed by atoms with Crippen LogP contribution in [0.3, 0.4) is 0 Å². The first-order chi connectivity index (χ1) is 7.70. The summed E-state index contributed by atoms with van der Waals surface area (Å²) >= 11 is 0. The molecule has 0 aromatic carbocycles. The maximum absolute atomic E-state index is 12.7. The van der Waals surface area contributed by atoms with E-state index in [0.29, 0.717) is 17.7 Å². The number of aliphatic hydroxyl groups excluding tert-OH is 1. The van der Waals surface area contributed by atoms with Crippen LogP contribution in [0, 0.1) is 5.92 Å². The molecule has 0 aliphatic carbocycles. The third-order valence-corrected chi connectivity index (χ3v) is 2.74. The van der Waals surface area contributed by atoms with E-state index in [1.54, 1.807) is 0 Å². The summed E-state index contributed by atoms with van der Waals surface area (Å²) in [7, 11) is 0. The highest BCUT2D eigenvalue weighted by Gasteiger charge is 2.64. The van der Waals surface area contributed by atoms with E-state index >= 15 is 0 Å². The minimum absolute atomic E-state index is 0.130. The average molecular weight is 261 g/mol. The van der Waals surface area contributed by atoms with Gasteiger partial charge in [0.2, 0.25) is 0 Å². The van der Waals surface area contributed by atoms with E-state index in [0.717, 1.165) is 0 Å². The molecule has 8 heteroatoms. The third-order valence-electron chi connectivity index (χ3n) is 2.74. The van der Waals surface area contributed by atoms with Gasteiger partial charge in [0, 0.05) is 19.7 Å². The Hall–Kier alpha value is -0.920. The number of halogens is 5. The van der Waals surface area contributed by atoms with Crippen LogP contribution in [0.2, 0.25) is 0 Å². The summed E-state index contributed by atoms with van der Waals surface area (Å²) in [5.41, 5.74) is 0. The first kappa shape index (κ1) is 14.1. The van der Waals surface area contributed by atoms with E-state index in [1.165, 1.54) is 0 Å². The molecule has 0 saturated carbocycles. The molecule has 0 aromatic heterocycles. The Morgan fingerprint density at radius 2 is 1.88 bits per heavy atom. The van der Waals surface area contributed by atoms with Crippen LogP contribution in [0.5, 0.6) is 0 Å². The zero-order valence-electron chi connectivity index (χ0n) is 8.81. The van der Waals surface area contributed by atoms with E-state index in [4.69, 9.17) is 5.11 Å². The second-order valence-electron chi connectivity index (χ2n) is 3.99. The Bertz CT molecular complexity index is 292. The van der Waals surface area contributed by atoms with Crippen LogP contribution < -0.4 is 0 Å². The van der Waals surface area contributed by atoms with E-state index in [-0.39, 0.29) is 25.6 Å². The van der Waals surface area contributed by atoms with E-state index < -0.39 is 18.0 Å². The first-order valence-electron chi connectivity index (χ1n) is 5.05. The van der Waals surface area contributed by atoms with Crippen LogP contribution >= 0.6 is 0 Å². The number of carbonyl (C=O) groups is 1. The number of alkyl halides is 5. The van der Waals surface area contributed by atoms with Gasteiger partial charge in [-0.05, 0) is 18.8 Å². The second kappa shape index (κ2) is 4.75. The van der Waals surface area contributed by atoms with E-state index in [9.17, 15) is 26.7 Å². The highest BCUT2D eigenvalue weighted by molar-refractivity contribution is 5.84. The lowest BCUT2D eigenvalue weighted by Gasteiger charge is -2.24. The lowest BCUT2D eigenvalue weighted by atomic mass is 10.1. The monoisotopic (exact) mass is 261 g/mol. The minimum Gasteiger partial charge on any atom is -0.396 e. The van der Waals surface area contributed by atoms with Crippen LogP contribution in [0.25, 0.3) is 0 Å². The third kappa shape index (κ3) is 2.85. The number of amides is 1. The Morgan fingerprint density at radius 3 is 2.35 bits per heavy atom. The molecule has 0 radical (unpaired) electrons. The maximum atomic E-state index is 12.7. The number of carbonyl (C=O) groups excluding carboxylic acids is 1. The lowest BCUT2D eigenvalue weighted by Crippen LogP contribution is -2.51. The summed E-state index contributed by atoms with van der Waals surface area (Å²) in [5.74, 6) is -7.75. The number of rotatable bonds is 3. The molecule has 0 bridgehead atoms.